The largest absolute Gasteiger partial charge is 0.495 e. The van der Waals surface area contributed by atoms with Gasteiger partial charge < -0.3 is 10.1 Å². The number of amides is 2. The van der Waals surface area contributed by atoms with Gasteiger partial charge in [0, 0.05) is 11.1 Å². The van der Waals surface area contributed by atoms with Gasteiger partial charge in [0.15, 0.2) is 11.6 Å². The van der Waals surface area contributed by atoms with Crippen molar-refractivity contribution >= 4 is 40.4 Å². The molecule has 5 nitrogen and oxygen atoms in total. The van der Waals surface area contributed by atoms with Crippen LogP contribution in [0.2, 0.25) is 5.02 Å². The Morgan fingerprint density at radius 2 is 1.61 bits per heavy atom. The van der Waals surface area contributed by atoms with Gasteiger partial charge in [0.05, 0.1) is 24.1 Å². The highest BCUT2D eigenvalue weighted by molar-refractivity contribution is 6.46. The van der Waals surface area contributed by atoms with Crippen molar-refractivity contribution in [3.05, 3.63) is 94.6 Å². The number of ether oxygens (including phenoxy) is 1. The zero-order chi connectivity index (χ0) is 22.1. The highest BCUT2D eigenvalue weighted by Crippen LogP contribution is 2.36. The summed E-state index contributed by atoms with van der Waals surface area (Å²) in [6.07, 6.45) is 0. The summed E-state index contributed by atoms with van der Waals surface area (Å²) >= 11 is 5.96. The third kappa shape index (κ3) is 3.75. The van der Waals surface area contributed by atoms with E-state index in [0.29, 0.717) is 22.0 Å². The monoisotopic (exact) mass is 440 g/mol. The fraction of sp³-hybridized carbons (Fsp3) is 0.0435. The Labute approximate surface area is 181 Å². The molecule has 0 atom stereocenters. The minimum absolute atomic E-state index is 0.0263. The summed E-state index contributed by atoms with van der Waals surface area (Å²) < 4.78 is 32.5. The molecule has 0 radical (unpaired) electrons. The first-order valence-electron chi connectivity index (χ1n) is 9.15. The van der Waals surface area contributed by atoms with Gasteiger partial charge in [-0.1, -0.05) is 35.9 Å². The SMILES string of the molecule is COc1ccccc1NC1=C(c2ccc(Cl)cc2)C(=O)N(c2ccc(F)c(F)c2)C1=O. The standard InChI is InChI=1S/C23H15ClF2N2O3/c1-31-19-5-3-2-4-18(19)27-21-20(13-6-8-14(24)9-7-13)22(29)28(23(21)30)15-10-11-16(25)17(26)12-15/h2-12,27H,1H3. The Bertz CT molecular complexity index is 1230. The first-order valence-corrected chi connectivity index (χ1v) is 9.52. The number of carbonyl (C=O) groups excluding carboxylic acids is 2. The summed E-state index contributed by atoms with van der Waals surface area (Å²) in [5.74, 6) is -3.20. The maximum Gasteiger partial charge on any atom is 0.282 e. The summed E-state index contributed by atoms with van der Waals surface area (Å²) in [7, 11) is 1.48. The first kappa shape index (κ1) is 20.6. The lowest BCUT2D eigenvalue weighted by Crippen LogP contribution is -2.32. The van der Waals surface area contributed by atoms with E-state index in [9.17, 15) is 18.4 Å². The second-order valence-electron chi connectivity index (χ2n) is 6.63. The Hall–Kier alpha value is -3.71. The lowest BCUT2D eigenvalue weighted by atomic mass is 10.0. The number of para-hydroxylation sites is 2. The van der Waals surface area contributed by atoms with Crippen LogP contribution in [-0.2, 0) is 9.59 Å². The molecule has 0 aliphatic carbocycles. The van der Waals surface area contributed by atoms with Gasteiger partial charge in [-0.05, 0) is 42.0 Å². The summed E-state index contributed by atoms with van der Waals surface area (Å²) in [5.41, 5.74) is 0.848. The molecule has 0 spiro atoms. The van der Waals surface area contributed by atoms with Gasteiger partial charge in [0.2, 0.25) is 0 Å². The van der Waals surface area contributed by atoms with Crippen LogP contribution in [0.3, 0.4) is 0 Å². The molecule has 31 heavy (non-hydrogen) atoms. The van der Waals surface area contributed by atoms with Crippen LogP contribution < -0.4 is 15.0 Å². The molecule has 3 aromatic carbocycles. The molecule has 0 unspecified atom stereocenters. The molecular formula is C23H15ClF2N2O3. The van der Waals surface area contributed by atoms with Gasteiger partial charge in [-0.15, -0.1) is 0 Å². The lowest BCUT2D eigenvalue weighted by molar-refractivity contribution is -0.120. The van der Waals surface area contributed by atoms with E-state index in [2.05, 4.69) is 5.32 Å². The van der Waals surface area contributed by atoms with E-state index in [0.717, 1.165) is 17.0 Å². The van der Waals surface area contributed by atoms with Crippen LogP contribution in [0.4, 0.5) is 20.2 Å². The summed E-state index contributed by atoms with van der Waals surface area (Å²) in [5, 5.41) is 3.43. The third-order valence-corrected chi connectivity index (χ3v) is 5.00. The average Bonchev–Trinajstić information content (AvgIpc) is 3.01. The Morgan fingerprint density at radius 1 is 0.903 bits per heavy atom. The Morgan fingerprint density at radius 3 is 2.29 bits per heavy atom. The van der Waals surface area contributed by atoms with Gasteiger partial charge in [-0.25, -0.2) is 13.7 Å². The molecule has 2 amide bonds. The predicted octanol–water partition coefficient (Wildman–Crippen LogP) is 5.02. The summed E-state index contributed by atoms with van der Waals surface area (Å²) in [6, 6.07) is 16.1. The molecule has 0 aromatic heterocycles. The molecule has 0 saturated heterocycles. The van der Waals surface area contributed by atoms with Crippen LogP contribution in [0.5, 0.6) is 5.75 Å². The van der Waals surface area contributed by atoms with Crippen molar-refractivity contribution in [1.82, 2.24) is 0 Å². The fourth-order valence-electron chi connectivity index (χ4n) is 3.27. The molecule has 1 aliphatic rings. The number of anilines is 2. The van der Waals surface area contributed by atoms with Gasteiger partial charge >= 0.3 is 0 Å². The zero-order valence-corrected chi connectivity index (χ0v) is 16.9. The van der Waals surface area contributed by atoms with Gasteiger partial charge in [-0.2, -0.15) is 0 Å². The molecule has 0 fully saturated rings. The van der Waals surface area contributed by atoms with Crippen LogP contribution >= 0.6 is 11.6 Å². The van der Waals surface area contributed by atoms with Crippen molar-refractivity contribution in [3.8, 4) is 5.75 Å². The van der Waals surface area contributed by atoms with Crippen molar-refractivity contribution < 1.29 is 23.1 Å². The van der Waals surface area contributed by atoms with Crippen molar-refractivity contribution in [3.63, 3.8) is 0 Å². The predicted molar refractivity (Wildman–Crippen MR) is 114 cm³/mol. The number of hydrogen-bond acceptors (Lipinski definition) is 4. The van der Waals surface area contributed by atoms with E-state index < -0.39 is 23.4 Å². The maximum atomic E-state index is 13.8. The quantitative estimate of drug-likeness (QED) is 0.566. The highest BCUT2D eigenvalue weighted by Gasteiger charge is 2.40. The zero-order valence-electron chi connectivity index (χ0n) is 16.2. The van der Waals surface area contributed by atoms with Crippen molar-refractivity contribution in [2.45, 2.75) is 0 Å². The number of carbonyl (C=O) groups is 2. The van der Waals surface area contributed by atoms with Crippen LogP contribution in [0.15, 0.2) is 72.4 Å². The number of methoxy groups -OCH3 is 1. The van der Waals surface area contributed by atoms with E-state index in [1.165, 1.54) is 13.2 Å². The van der Waals surface area contributed by atoms with Crippen LogP contribution in [0, 0.1) is 11.6 Å². The smallest absolute Gasteiger partial charge is 0.282 e. The second kappa shape index (κ2) is 8.20. The Balaban J connectivity index is 1.84. The molecule has 3 aromatic rings. The van der Waals surface area contributed by atoms with Gasteiger partial charge in [0.1, 0.15) is 11.4 Å². The topological polar surface area (TPSA) is 58.6 Å². The average molecular weight is 441 g/mol. The van der Waals surface area contributed by atoms with Gasteiger partial charge in [0.25, 0.3) is 11.8 Å². The van der Waals surface area contributed by atoms with E-state index in [-0.39, 0.29) is 17.0 Å². The number of benzene rings is 3. The molecular weight excluding hydrogens is 426 g/mol. The van der Waals surface area contributed by atoms with E-state index >= 15 is 0 Å². The number of nitrogens with zero attached hydrogens (tertiary/aromatic N) is 1. The molecule has 1 N–H and O–H groups in total. The van der Waals surface area contributed by atoms with Crippen LogP contribution in [0.25, 0.3) is 5.57 Å². The normalized spacial score (nSPS) is 13.7. The Kier molecular flexibility index (Phi) is 5.44. The lowest BCUT2D eigenvalue weighted by Gasteiger charge is -2.16. The van der Waals surface area contributed by atoms with Crippen molar-refractivity contribution in [2.75, 3.05) is 17.3 Å². The highest BCUT2D eigenvalue weighted by atomic mass is 35.5. The van der Waals surface area contributed by atoms with Crippen molar-refractivity contribution in [2.24, 2.45) is 0 Å². The number of rotatable bonds is 5. The molecule has 156 valence electrons. The van der Waals surface area contributed by atoms with Crippen LogP contribution in [0.1, 0.15) is 5.56 Å². The molecule has 1 aliphatic heterocycles. The molecule has 8 heteroatoms. The summed E-state index contributed by atoms with van der Waals surface area (Å²) in [4.78, 5) is 27.3. The molecule has 4 rings (SSSR count). The van der Waals surface area contributed by atoms with E-state index in [1.54, 1.807) is 48.5 Å². The summed E-state index contributed by atoms with van der Waals surface area (Å²) in [6.45, 7) is 0. The molecule has 1 heterocycles. The van der Waals surface area contributed by atoms with Crippen molar-refractivity contribution in [1.29, 1.82) is 0 Å². The third-order valence-electron chi connectivity index (χ3n) is 4.74. The minimum atomic E-state index is -1.17. The van der Waals surface area contributed by atoms with Gasteiger partial charge in [-0.3, -0.25) is 9.59 Å². The van der Waals surface area contributed by atoms with E-state index in [4.69, 9.17) is 16.3 Å². The second-order valence-corrected chi connectivity index (χ2v) is 7.06. The molecule has 0 saturated carbocycles. The molecule has 0 bridgehead atoms. The van der Waals surface area contributed by atoms with Crippen LogP contribution in [-0.4, -0.2) is 18.9 Å². The minimum Gasteiger partial charge on any atom is -0.495 e. The number of halogens is 3. The number of imide groups is 1. The number of nitrogens with one attached hydrogen (secondary N) is 1. The maximum absolute atomic E-state index is 13.8. The fourth-order valence-corrected chi connectivity index (χ4v) is 3.40. The number of hydrogen-bond donors (Lipinski definition) is 1. The van der Waals surface area contributed by atoms with E-state index in [1.807, 2.05) is 0 Å². The first-order chi connectivity index (χ1) is 14.9.